The summed E-state index contributed by atoms with van der Waals surface area (Å²) < 4.78 is 4.96. The molecule has 0 radical (unpaired) electrons. The van der Waals surface area contributed by atoms with Gasteiger partial charge in [-0.25, -0.2) is 4.98 Å². The predicted octanol–water partition coefficient (Wildman–Crippen LogP) is 3.57. The molecule has 0 atom stereocenters. The average Bonchev–Trinajstić information content (AvgIpc) is 2.60. The maximum atomic E-state index is 11.5. The zero-order chi connectivity index (χ0) is 13.7. The van der Waals surface area contributed by atoms with Crippen LogP contribution in [0, 0.1) is 5.92 Å². The molecule has 3 nitrogen and oxygen atoms in total. The third-order valence-electron chi connectivity index (χ3n) is 2.50. The number of carbonyl (C=O) groups is 1. The Morgan fingerprint density at radius 3 is 2.50 bits per heavy atom. The minimum absolute atomic E-state index is 0.183. The van der Waals surface area contributed by atoms with Crippen LogP contribution in [0.3, 0.4) is 0 Å². The molecule has 4 heteroatoms. The van der Waals surface area contributed by atoms with Crippen molar-refractivity contribution in [1.82, 2.24) is 4.98 Å². The summed E-state index contributed by atoms with van der Waals surface area (Å²) in [4.78, 5) is 17.4. The fourth-order valence-electron chi connectivity index (χ4n) is 1.81. The van der Waals surface area contributed by atoms with Gasteiger partial charge in [-0.3, -0.25) is 4.79 Å². The van der Waals surface area contributed by atoms with Crippen LogP contribution in [0.25, 0.3) is 0 Å². The lowest BCUT2D eigenvalue weighted by Crippen LogP contribution is -2.07. The van der Waals surface area contributed by atoms with Crippen LogP contribution in [0.1, 0.15) is 56.1 Å². The van der Waals surface area contributed by atoms with Crippen molar-refractivity contribution in [2.24, 2.45) is 5.92 Å². The number of hydrogen-bond acceptors (Lipinski definition) is 4. The first-order valence-corrected chi connectivity index (χ1v) is 7.39. The van der Waals surface area contributed by atoms with Gasteiger partial charge in [-0.15, -0.1) is 11.3 Å². The van der Waals surface area contributed by atoms with E-state index in [4.69, 9.17) is 4.74 Å². The summed E-state index contributed by atoms with van der Waals surface area (Å²) in [5, 5.41) is 0.882. The van der Waals surface area contributed by atoms with E-state index in [1.165, 1.54) is 4.88 Å². The molecule has 102 valence electrons. The van der Waals surface area contributed by atoms with Gasteiger partial charge >= 0.3 is 5.97 Å². The van der Waals surface area contributed by atoms with Gasteiger partial charge in [0.1, 0.15) is 5.01 Å². The first-order chi connectivity index (χ1) is 8.43. The first-order valence-electron chi connectivity index (χ1n) is 6.58. The van der Waals surface area contributed by atoms with Crippen molar-refractivity contribution in [1.29, 1.82) is 0 Å². The molecule has 1 aromatic rings. The van der Waals surface area contributed by atoms with Gasteiger partial charge in [0.15, 0.2) is 0 Å². The second-order valence-corrected chi connectivity index (χ2v) is 6.27. The molecule has 0 saturated carbocycles. The Hall–Kier alpha value is -0.900. The first kappa shape index (κ1) is 15.2. The number of hydrogen-bond donors (Lipinski definition) is 0. The predicted molar refractivity (Wildman–Crippen MR) is 75.1 cm³/mol. The summed E-state index contributed by atoms with van der Waals surface area (Å²) in [6, 6.07) is 0. The topological polar surface area (TPSA) is 39.2 Å². The highest BCUT2D eigenvalue weighted by Gasteiger charge is 2.17. The summed E-state index contributed by atoms with van der Waals surface area (Å²) in [5.74, 6) is 0.866. The van der Waals surface area contributed by atoms with Crippen molar-refractivity contribution in [3.63, 3.8) is 0 Å². The smallest absolute Gasteiger partial charge is 0.312 e. The molecule has 1 rings (SSSR count). The Balaban J connectivity index is 2.84. The maximum absolute atomic E-state index is 11.5. The van der Waals surface area contributed by atoms with E-state index in [1.54, 1.807) is 11.3 Å². The van der Waals surface area contributed by atoms with Gasteiger partial charge in [-0.2, -0.15) is 0 Å². The molecule has 0 aliphatic heterocycles. The number of rotatable bonds is 6. The second-order valence-electron chi connectivity index (χ2n) is 5.15. The van der Waals surface area contributed by atoms with Gasteiger partial charge in [0.05, 0.1) is 18.7 Å². The molecule has 0 fully saturated rings. The minimum atomic E-state index is -0.183. The number of carbonyl (C=O) groups excluding carboxylic acids is 1. The van der Waals surface area contributed by atoms with Gasteiger partial charge in [0.25, 0.3) is 0 Å². The van der Waals surface area contributed by atoms with E-state index in [9.17, 15) is 4.79 Å². The lowest BCUT2D eigenvalue weighted by atomic mass is 10.0. The quantitative estimate of drug-likeness (QED) is 0.741. The van der Waals surface area contributed by atoms with Gasteiger partial charge in [-0.1, -0.05) is 27.7 Å². The average molecular weight is 269 g/mol. The van der Waals surface area contributed by atoms with Gasteiger partial charge in [-0.05, 0) is 25.2 Å². The van der Waals surface area contributed by atoms with Crippen LogP contribution >= 0.6 is 11.3 Å². The summed E-state index contributed by atoms with van der Waals surface area (Å²) in [7, 11) is 0. The molecule has 1 aromatic heterocycles. The lowest BCUT2D eigenvalue weighted by molar-refractivity contribution is -0.142. The van der Waals surface area contributed by atoms with Crippen molar-refractivity contribution in [3.05, 3.63) is 15.6 Å². The van der Waals surface area contributed by atoms with E-state index in [1.807, 2.05) is 6.92 Å². The molecule has 1 heterocycles. The van der Waals surface area contributed by atoms with Crippen LogP contribution in [0.5, 0.6) is 0 Å². The summed E-state index contributed by atoms with van der Waals surface area (Å²) in [5.41, 5.74) is 1.16. The minimum Gasteiger partial charge on any atom is -0.466 e. The SMILES string of the molecule is CCOC(=O)Cc1nc(CC(C)C)c(C(C)C)s1. The van der Waals surface area contributed by atoms with Crippen molar-refractivity contribution in [3.8, 4) is 0 Å². The monoisotopic (exact) mass is 269 g/mol. The lowest BCUT2D eigenvalue weighted by Gasteiger charge is -2.06. The molecule has 0 saturated heterocycles. The van der Waals surface area contributed by atoms with E-state index in [0.717, 1.165) is 17.1 Å². The molecular formula is C14H23NO2S. The van der Waals surface area contributed by atoms with Crippen LogP contribution in [0.2, 0.25) is 0 Å². The maximum Gasteiger partial charge on any atom is 0.312 e. The highest BCUT2D eigenvalue weighted by atomic mass is 32.1. The van der Waals surface area contributed by atoms with Crippen molar-refractivity contribution in [2.45, 2.75) is 53.4 Å². The summed E-state index contributed by atoms with van der Waals surface area (Å²) in [6.45, 7) is 11.0. The van der Waals surface area contributed by atoms with E-state index in [-0.39, 0.29) is 5.97 Å². The molecular weight excluding hydrogens is 246 g/mol. The molecule has 0 aromatic carbocycles. The number of ether oxygens (including phenoxy) is 1. The van der Waals surface area contributed by atoms with Gasteiger partial charge in [0.2, 0.25) is 0 Å². The van der Waals surface area contributed by atoms with Crippen LogP contribution in [-0.2, 0) is 22.4 Å². The number of nitrogens with zero attached hydrogens (tertiary/aromatic N) is 1. The fraction of sp³-hybridized carbons (Fsp3) is 0.714. The standard InChI is InChI=1S/C14H23NO2S/c1-6-17-13(16)8-12-15-11(7-9(2)3)14(18-12)10(4)5/h9-10H,6-8H2,1-5H3. The number of thiazole rings is 1. The zero-order valence-electron chi connectivity index (χ0n) is 11.9. The number of aromatic nitrogens is 1. The highest BCUT2D eigenvalue weighted by molar-refractivity contribution is 7.11. The molecule has 0 amide bonds. The fourth-order valence-corrected chi connectivity index (χ4v) is 2.89. The Bertz CT molecular complexity index is 396. The van der Waals surface area contributed by atoms with Crippen LogP contribution in [0.4, 0.5) is 0 Å². The summed E-state index contributed by atoms with van der Waals surface area (Å²) in [6.07, 6.45) is 1.28. The third kappa shape index (κ3) is 4.41. The third-order valence-corrected chi connectivity index (χ3v) is 3.90. The Kier molecular flexibility index (Phi) is 5.79. The molecule has 0 aliphatic rings. The molecule has 0 spiro atoms. The van der Waals surface area contributed by atoms with Crippen LogP contribution in [-0.4, -0.2) is 17.6 Å². The molecule has 0 unspecified atom stereocenters. The van der Waals surface area contributed by atoms with Crippen LogP contribution in [0.15, 0.2) is 0 Å². The van der Waals surface area contributed by atoms with Gasteiger partial charge in [0, 0.05) is 4.88 Å². The molecule has 18 heavy (non-hydrogen) atoms. The molecule has 0 bridgehead atoms. The van der Waals surface area contributed by atoms with E-state index >= 15 is 0 Å². The van der Waals surface area contributed by atoms with Crippen molar-refractivity contribution < 1.29 is 9.53 Å². The van der Waals surface area contributed by atoms with Crippen LogP contribution < -0.4 is 0 Å². The van der Waals surface area contributed by atoms with Gasteiger partial charge < -0.3 is 4.74 Å². The molecule has 0 N–H and O–H groups in total. The Morgan fingerprint density at radius 2 is 2.00 bits per heavy atom. The van der Waals surface area contributed by atoms with Crippen molar-refractivity contribution >= 4 is 17.3 Å². The molecule has 0 aliphatic carbocycles. The summed E-state index contributed by atoms with van der Waals surface area (Å²) >= 11 is 1.65. The van der Waals surface area contributed by atoms with E-state index < -0.39 is 0 Å². The highest BCUT2D eigenvalue weighted by Crippen LogP contribution is 2.28. The largest absolute Gasteiger partial charge is 0.466 e. The second kappa shape index (κ2) is 6.88. The Labute approximate surface area is 114 Å². The zero-order valence-corrected chi connectivity index (χ0v) is 12.8. The number of esters is 1. The normalized spacial score (nSPS) is 11.3. The van der Waals surface area contributed by atoms with Crippen molar-refractivity contribution in [2.75, 3.05) is 6.61 Å². The Morgan fingerprint density at radius 1 is 1.33 bits per heavy atom. The van der Waals surface area contributed by atoms with E-state index in [0.29, 0.717) is 24.9 Å². The van der Waals surface area contributed by atoms with E-state index in [2.05, 4.69) is 32.7 Å².